The number of aromatic nitrogens is 2. The van der Waals surface area contributed by atoms with Crippen molar-refractivity contribution in [2.45, 2.75) is 39.3 Å². The van der Waals surface area contributed by atoms with E-state index in [4.69, 9.17) is 15.0 Å². The molecule has 0 bridgehead atoms. The lowest BCUT2D eigenvalue weighted by Gasteiger charge is -2.09. The van der Waals surface area contributed by atoms with Crippen molar-refractivity contribution in [2.24, 2.45) is 11.7 Å². The van der Waals surface area contributed by atoms with Gasteiger partial charge in [0.05, 0.1) is 12.1 Å². The van der Waals surface area contributed by atoms with Crippen LogP contribution in [0.25, 0.3) is 0 Å². The van der Waals surface area contributed by atoms with Crippen LogP contribution in [0.4, 0.5) is 0 Å². The van der Waals surface area contributed by atoms with E-state index >= 15 is 0 Å². The van der Waals surface area contributed by atoms with Crippen molar-refractivity contribution in [3.8, 4) is 0 Å². The van der Waals surface area contributed by atoms with Gasteiger partial charge in [0.1, 0.15) is 0 Å². The van der Waals surface area contributed by atoms with Gasteiger partial charge in [-0.1, -0.05) is 19.0 Å². The average Bonchev–Trinajstić information content (AvgIpc) is 2.64. The van der Waals surface area contributed by atoms with Gasteiger partial charge in [0.2, 0.25) is 5.89 Å². The molecule has 0 aromatic carbocycles. The number of hydrogen-bond donors (Lipinski definition) is 1. The Kier molecular flexibility index (Phi) is 4.23. The lowest BCUT2D eigenvalue weighted by molar-refractivity contribution is 0.116. The number of methoxy groups -OCH3 is 1. The van der Waals surface area contributed by atoms with E-state index in [1.165, 1.54) is 0 Å². The van der Waals surface area contributed by atoms with E-state index in [9.17, 15) is 0 Å². The van der Waals surface area contributed by atoms with Gasteiger partial charge in [0, 0.05) is 13.5 Å². The molecule has 1 heterocycles. The summed E-state index contributed by atoms with van der Waals surface area (Å²) in [6.07, 6.45) is 0.732. The van der Waals surface area contributed by atoms with Crippen molar-refractivity contribution < 1.29 is 9.26 Å². The number of hydrogen-bond acceptors (Lipinski definition) is 5. The molecule has 1 unspecified atom stereocenters. The van der Waals surface area contributed by atoms with Crippen LogP contribution in [0.5, 0.6) is 0 Å². The average molecular weight is 213 g/mol. The highest BCUT2D eigenvalue weighted by atomic mass is 16.5. The van der Waals surface area contributed by atoms with Gasteiger partial charge < -0.3 is 15.0 Å². The van der Waals surface area contributed by atoms with E-state index in [2.05, 4.69) is 10.1 Å². The second-order valence-electron chi connectivity index (χ2n) is 4.07. The van der Waals surface area contributed by atoms with Crippen LogP contribution in [0, 0.1) is 5.92 Å². The molecule has 0 saturated carbocycles. The van der Waals surface area contributed by atoms with Gasteiger partial charge in [-0.3, -0.25) is 0 Å². The van der Waals surface area contributed by atoms with Crippen LogP contribution in [0.1, 0.15) is 38.5 Å². The monoisotopic (exact) mass is 213 g/mol. The smallest absolute Gasteiger partial charge is 0.243 e. The van der Waals surface area contributed by atoms with Gasteiger partial charge in [-0.05, 0) is 12.8 Å². The number of nitrogens with zero attached hydrogens (tertiary/aromatic N) is 2. The molecule has 1 rings (SSSR count). The summed E-state index contributed by atoms with van der Waals surface area (Å²) in [6, 6.07) is -0.191. The topological polar surface area (TPSA) is 74.2 Å². The fourth-order valence-corrected chi connectivity index (χ4v) is 1.11. The van der Waals surface area contributed by atoms with Crippen LogP contribution in [0.2, 0.25) is 0 Å². The lowest BCUT2D eigenvalue weighted by Crippen LogP contribution is -2.17. The van der Waals surface area contributed by atoms with E-state index in [1.807, 2.05) is 20.8 Å². The van der Waals surface area contributed by atoms with Gasteiger partial charge in [-0.2, -0.15) is 4.98 Å². The third kappa shape index (κ3) is 3.28. The zero-order valence-electron chi connectivity index (χ0n) is 9.73. The summed E-state index contributed by atoms with van der Waals surface area (Å²) < 4.78 is 10.2. The predicted octanol–water partition coefficient (Wildman–Crippen LogP) is 1.30. The van der Waals surface area contributed by atoms with Crippen LogP contribution in [0.3, 0.4) is 0 Å². The molecule has 0 amide bonds. The Hall–Kier alpha value is -0.940. The van der Waals surface area contributed by atoms with Gasteiger partial charge in [-0.15, -0.1) is 0 Å². The highest BCUT2D eigenvalue weighted by Gasteiger charge is 2.18. The summed E-state index contributed by atoms with van der Waals surface area (Å²) in [5, 5.41) is 3.86. The van der Waals surface area contributed by atoms with E-state index in [1.54, 1.807) is 7.11 Å². The maximum Gasteiger partial charge on any atom is 0.243 e. The quantitative estimate of drug-likeness (QED) is 0.798. The molecule has 0 saturated heterocycles. The summed E-state index contributed by atoms with van der Waals surface area (Å²) in [4.78, 5) is 4.24. The Labute approximate surface area is 90.0 Å². The minimum Gasteiger partial charge on any atom is -0.381 e. The summed E-state index contributed by atoms with van der Waals surface area (Å²) in [6.45, 7) is 6.00. The summed E-state index contributed by atoms with van der Waals surface area (Å²) in [5.74, 6) is 1.44. The van der Waals surface area contributed by atoms with Crippen LogP contribution in [0.15, 0.2) is 4.52 Å². The second kappa shape index (κ2) is 5.23. The number of rotatable bonds is 5. The van der Waals surface area contributed by atoms with E-state index in [0.29, 0.717) is 18.1 Å². The van der Waals surface area contributed by atoms with Crippen molar-refractivity contribution in [1.82, 2.24) is 10.1 Å². The predicted molar refractivity (Wildman–Crippen MR) is 56.2 cm³/mol. The van der Waals surface area contributed by atoms with Gasteiger partial charge in [0.15, 0.2) is 5.82 Å². The number of ether oxygens (including phenoxy) is 1. The Morgan fingerprint density at radius 2 is 2.07 bits per heavy atom. The van der Waals surface area contributed by atoms with Crippen LogP contribution >= 0.6 is 0 Å². The molecule has 0 aliphatic heterocycles. The molecular weight excluding hydrogens is 194 g/mol. The maximum absolute atomic E-state index is 5.89. The van der Waals surface area contributed by atoms with Crippen molar-refractivity contribution in [3.63, 3.8) is 0 Å². The van der Waals surface area contributed by atoms with Gasteiger partial charge in [0.25, 0.3) is 0 Å². The summed E-state index contributed by atoms with van der Waals surface area (Å²) in [7, 11) is 1.66. The standard InChI is InChI=1S/C10H19N3O2/c1-6(2)9(11)10-12-8(13-15-10)5-7(3)14-4/h6-7,9H,5,11H2,1-4H3/t7?,9-/m0/s1. The third-order valence-corrected chi connectivity index (χ3v) is 2.36. The Bertz CT molecular complexity index is 299. The van der Waals surface area contributed by atoms with Gasteiger partial charge >= 0.3 is 0 Å². The molecule has 5 heteroatoms. The molecule has 0 aliphatic carbocycles. The first kappa shape index (κ1) is 12.1. The lowest BCUT2D eigenvalue weighted by atomic mass is 10.1. The minimum absolute atomic E-state index is 0.0886. The Morgan fingerprint density at radius 1 is 1.40 bits per heavy atom. The summed E-state index contributed by atoms with van der Waals surface area (Å²) in [5.41, 5.74) is 5.89. The Morgan fingerprint density at radius 3 is 2.60 bits per heavy atom. The van der Waals surface area contributed by atoms with Crippen molar-refractivity contribution in [1.29, 1.82) is 0 Å². The Balaban J connectivity index is 2.63. The molecule has 1 aromatic rings. The minimum atomic E-state index is -0.191. The van der Waals surface area contributed by atoms with Crippen molar-refractivity contribution >= 4 is 0 Å². The first-order chi connectivity index (χ1) is 7.04. The first-order valence-electron chi connectivity index (χ1n) is 5.15. The van der Waals surface area contributed by atoms with E-state index in [0.717, 1.165) is 0 Å². The first-order valence-corrected chi connectivity index (χ1v) is 5.15. The third-order valence-electron chi connectivity index (χ3n) is 2.36. The van der Waals surface area contributed by atoms with Crippen LogP contribution in [-0.2, 0) is 11.2 Å². The van der Waals surface area contributed by atoms with E-state index in [-0.39, 0.29) is 18.1 Å². The van der Waals surface area contributed by atoms with Crippen molar-refractivity contribution in [3.05, 3.63) is 11.7 Å². The molecule has 5 nitrogen and oxygen atoms in total. The molecule has 0 spiro atoms. The SMILES string of the molecule is COC(C)Cc1noc([C@@H](N)C(C)C)n1. The zero-order valence-corrected chi connectivity index (χ0v) is 9.73. The highest BCUT2D eigenvalue weighted by Crippen LogP contribution is 2.16. The molecule has 1 aromatic heterocycles. The normalized spacial score (nSPS) is 15.6. The molecule has 0 aliphatic rings. The molecule has 2 N–H and O–H groups in total. The molecular formula is C10H19N3O2. The van der Waals surface area contributed by atoms with Crippen LogP contribution < -0.4 is 5.73 Å². The van der Waals surface area contributed by atoms with Crippen LogP contribution in [-0.4, -0.2) is 23.4 Å². The molecule has 86 valence electrons. The number of nitrogens with two attached hydrogens (primary N) is 1. The van der Waals surface area contributed by atoms with E-state index < -0.39 is 0 Å². The maximum atomic E-state index is 5.89. The molecule has 2 atom stereocenters. The fraction of sp³-hybridized carbons (Fsp3) is 0.800. The van der Waals surface area contributed by atoms with Gasteiger partial charge in [-0.25, -0.2) is 0 Å². The molecule has 0 fully saturated rings. The largest absolute Gasteiger partial charge is 0.381 e. The second-order valence-corrected chi connectivity index (χ2v) is 4.07. The fourth-order valence-electron chi connectivity index (χ4n) is 1.11. The zero-order chi connectivity index (χ0) is 11.4. The summed E-state index contributed by atoms with van der Waals surface area (Å²) >= 11 is 0. The molecule has 0 radical (unpaired) electrons. The molecule has 15 heavy (non-hydrogen) atoms. The highest BCUT2D eigenvalue weighted by molar-refractivity contribution is 4.93. The van der Waals surface area contributed by atoms with Crippen molar-refractivity contribution in [2.75, 3.05) is 7.11 Å².